The van der Waals surface area contributed by atoms with Crippen LogP contribution in [0.5, 0.6) is 0 Å². The molecule has 0 radical (unpaired) electrons. The topological polar surface area (TPSA) is 90.5 Å². The van der Waals surface area contributed by atoms with Gasteiger partial charge in [-0.25, -0.2) is 4.79 Å². The first-order chi connectivity index (χ1) is 12.5. The van der Waals surface area contributed by atoms with Crippen molar-refractivity contribution in [3.8, 4) is 0 Å². The van der Waals surface area contributed by atoms with Crippen molar-refractivity contribution in [2.24, 2.45) is 0 Å². The summed E-state index contributed by atoms with van der Waals surface area (Å²) in [5.74, 6) is 1.18. The van der Waals surface area contributed by atoms with Crippen LogP contribution in [0.1, 0.15) is 51.4 Å². The van der Waals surface area contributed by atoms with Gasteiger partial charge in [-0.15, -0.1) is 0 Å². The van der Waals surface area contributed by atoms with Gasteiger partial charge in [-0.05, 0) is 25.7 Å². The molecule has 3 atom stereocenters. The number of hydrogen-bond donors (Lipinski definition) is 3. The van der Waals surface area contributed by atoms with E-state index in [1.54, 1.807) is 7.05 Å². The van der Waals surface area contributed by atoms with Gasteiger partial charge in [-0.2, -0.15) is 11.8 Å². The van der Waals surface area contributed by atoms with Gasteiger partial charge in [0.25, 0.3) is 0 Å². The molecule has 2 rings (SSSR count). The largest absolute Gasteiger partial charge is 0.359 e. The number of carbonyl (C=O) groups excluding carboxylic acids is 3. The lowest BCUT2D eigenvalue weighted by Crippen LogP contribution is -2.38. The molecular weight excluding hydrogens is 352 g/mol. The normalized spacial score (nSPS) is 24.3. The Balaban J connectivity index is 1.48. The summed E-state index contributed by atoms with van der Waals surface area (Å²) in [6, 6.07) is 0.630. The minimum absolute atomic E-state index is 0.0417. The third kappa shape index (κ3) is 6.07. The molecule has 0 bridgehead atoms. The van der Waals surface area contributed by atoms with E-state index in [1.807, 2.05) is 23.7 Å². The van der Waals surface area contributed by atoms with Crippen molar-refractivity contribution < 1.29 is 14.4 Å². The highest BCUT2D eigenvalue weighted by molar-refractivity contribution is 8.00. The summed E-state index contributed by atoms with van der Waals surface area (Å²) in [5, 5.41) is 9.07. The Kier molecular flexibility index (Phi) is 8.54. The van der Waals surface area contributed by atoms with E-state index in [-0.39, 0.29) is 23.9 Å². The molecule has 2 aliphatic rings. The average Bonchev–Trinajstić information content (AvgIpc) is 3.14. The fourth-order valence-electron chi connectivity index (χ4n) is 3.64. The van der Waals surface area contributed by atoms with E-state index in [0.29, 0.717) is 30.7 Å². The molecule has 2 heterocycles. The second-order valence-electron chi connectivity index (χ2n) is 7.11. The maximum Gasteiger partial charge on any atom is 0.317 e. The monoisotopic (exact) mass is 384 g/mol. The molecule has 0 aliphatic carbocycles. The number of thioether (sulfide) groups is 1. The number of fused-ring (bicyclic) bond motifs is 1. The molecule has 0 saturated carbocycles. The van der Waals surface area contributed by atoms with Gasteiger partial charge in [0.1, 0.15) is 0 Å². The second-order valence-corrected chi connectivity index (χ2v) is 8.38. The van der Waals surface area contributed by atoms with Crippen LogP contribution in [-0.4, -0.2) is 66.5 Å². The molecule has 26 heavy (non-hydrogen) atoms. The molecule has 2 saturated heterocycles. The van der Waals surface area contributed by atoms with E-state index in [0.717, 1.165) is 44.3 Å². The summed E-state index contributed by atoms with van der Waals surface area (Å²) in [6.45, 7) is 0.688. The van der Waals surface area contributed by atoms with Gasteiger partial charge < -0.3 is 20.9 Å². The molecule has 3 N–H and O–H groups in total. The summed E-state index contributed by atoms with van der Waals surface area (Å²) < 4.78 is 0. The lowest BCUT2D eigenvalue weighted by atomic mass is 10.0. The molecular formula is C18H32N4O3S. The van der Waals surface area contributed by atoms with Crippen molar-refractivity contribution in [2.45, 2.75) is 68.7 Å². The fourth-order valence-corrected chi connectivity index (χ4v) is 5.28. The predicted molar refractivity (Wildman–Crippen MR) is 104 cm³/mol. The fraction of sp³-hybridized carbons (Fsp3) is 0.833. The van der Waals surface area contributed by atoms with Crippen LogP contribution in [-0.2, 0) is 9.59 Å². The average molecular weight is 385 g/mol. The van der Waals surface area contributed by atoms with Crippen LogP contribution in [0.15, 0.2) is 0 Å². The lowest BCUT2D eigenvalue weighted by Gasteiger charge is -2.23. The highest BCUT2D eigenvalue weighted by atomic mass is 32.2. The molecule has 2 aliphatic heterocycles. The van der Waals surface area contributed by atoms with E-state index in [1.165, 1.54) is 0 Å². The van der Waals surface area contributed by atoms with Crippen molar-refractivity contribution in [1.82, 2.24) is 20.9 Å². The van der Waals surface area contributed by atoms with Crippen LogP contribution >= 0.6 is 11.8 Å². The van der Waals surface area contributed by atoms with Crippen LogP contribution in [0.25, 0.3) is 0 Å². The smallest absolute Gasteiger partial charge is 0.317 e. The Morgan fingerprint density at radius 1 is 1.15 bits per heavy atom. The molecule has 0 aromatic carbocycles. The van der Waals surface area contributed by atoms with Gasteiger partial charge in [-0.1, -0.05) is 12.8 Å². The second kappa shape index (κ2) is 10.6. The standard InChI is InChI=1S/C18H32N4O3S/c1-19-15(23)9-4-3-7-11-20-16(24)10-6-5-8-14-17-13(12-26-14)21-18(25)22(17)2/h13-14,17H,3-12H2,1-2H3,(H,19,23)(H,20,24)(H,21,25)/t13-,14-,17-/m0/s1. The summed E-state index contributed by atoms with van der Waals surface area (Å²) in [5.41, 5.74) is 0. The third-order valence-electron chi connectivity index (χ3n) is 5.18. The van der Waals surface area contributed by atoms with Gasteiger partial charge in [0, 0.05) is 44.5 Å². The molecule has 0 aromatic heterocycles. The van der Waals surface area contributed by atoms with E-state index >= 15 is 0 Å². The van der Waals surface area contributed by atoms with Crippen LogP contribution in [0.2, 0.25) is 0 Å². The summed E-state index contributed by atoms with van der Waals surface area (Å²) >= 11 is 1.94. The molecule has 148 valence electrons. The molecule has 0 spiro atoms. The number of unbranched alkanes of at least 4 members (excludes halogenated alkanes) is 3. The molecule has 8 heteroatoms. The number of carbonyl (C=O) groups is 3. The predicted octanol–water partition coefficient (Wildman–Crippen LogP) is 1.48. The first-order valence-electron chi connectivity index (χ1n) is 9.65. The van der Waals surface area contributed by atoms with Crippen LogP contribution in [0.3, 0.4) is 0 Å². The number of nitrogens with one attached hydrogen (secondary N) is 3. The molecule has 7 nitrogen and oxygen atoms in total. The van der Waals surface area contributed by atoms with Crippen molar-refractivity contribution in [1.29, 1.82) is 0 Å². The molecule has 0 aromatic rings. The van der Waals surface area contributed by atoms with Crippen LogP contribution in [0.4, 0.5) is 4.79 Å². The SMILES string of the molecule is CNC(=O)CCCCCNC(=O)CCCC[C@@H]1SC[C@@H]2NC(=O)N(C)[C@@H]21. The van der Waals surface area contributed by atoms with Gasteiger partial charge in [0.15, 0.2) is 0 Å². The van der Waals surface area contributed by atoms with Gasteiger partial charge in [0.2, 0.25) is 11.8 Å². The summed E-state index contributed by atoms with van der Waals surface area (Å²) in [6.07, 6.45) is 6.82. The number of rotatable bonds is 11. The summed E-state index contributed by atoms with van der Waals surface area (Å²) in [4.78, 5) is 36.5. The Morgan fingerprint density at radius 3 is 2.65 bits per heavy atom. The molecule has 0 unspecified atom stereocenters. The van der Waals surface area contributed by atoms with Crippen molar-refractivity contribution >= 4 is 29.6 Å². The zero-order valence-electron chi connectivity index (χ0n) is 15.9. The Morgan fingerprint density at radius 2 is 1.88 bits per heavy atom. The van der Waals surface area contributed by atoms with E-state index < -0.39 is 0 Å². The zero-order chi connectivity index (χ0) is 18.9. The highest BCUT2D eigenvalue weighted by Gasteiger charge is 2.46. The van der Waals surface area contributed by atoms with E-state index in [4.69, 9.17) is 0 Å². The van der Waals surface area contributed by atoms with Crippen LogP contribution < -0.4 is 16.0 Å². The third-order valence-corrected chi connectivity index (χ3v) is 6.68. The van der Waals surface area contributed by atoms with Gasteiger partial charge in [-0.3, -0.25) is 9.59 Å². The van der Waals surface area contributed by atoms with Gasteiger partial charge >= 0.3 is 6.03 Å². The number of likely N-dealkylation sites (N-methyl/N-ethyl adjacent to an activating group) is 1. The Bertz CT molecular complexity index is 503. The van der Waals surface area contributed by atoms with Crippen molar-refractivity contribution in [3.05, 3.63) is 0 Å². The number of nitrogens with zero attached hydrogens (tertiary/aromatic N) is 1. The Hall–Kier alpha value is -1.44. The quantitative estimate of drug-likeness (QED) is 0.372. The minimum atomic E-state index is 0.0417. The van der Waals surface area contributed by atoms with Crippen molar-refractivity contribution in [3.63, 3.8) is 0 Å². The van der Waals surface area contributed by atoms with Crippen LogP contribution in [0, 0.1) is 0 Å². The molecule has 2 fully saturated rings. The maximum atomic E-state index is 11.9. The first kappa shape index (κ1) is 20.9. The van der Waals surface area contributed by atoms with Gasteiger partial charge in [0.05, 0.1) is 12.1 Å². The molecule has 4 amide bonds. The summed E-state index contributed by atoms with van der Waals surface area (Å²) in [7, 11) is 3.52. The maximum absolute atomic E-state index is 11.9. The van der Waals surface area contributed by atoms with E-state index in [2.05, 4.69) is 16.0 Å². The Labute approximate surface area is 160 Å². The van der Waals surface area contributed by atoms with Crippen molar-refractivity contribution in [2.75, 3.05) is 26.4 Å². The minimum Gasteiger partial charge on any atom is -0.359 e. The zero-order valence-corrected chi connectivity index (χ0v) is 16.7. The first-order valence-corrected chi connectivity index (χ1v) is 10.7. The number of amides is 4. The number of hydrogen-bond acceptors (Lipinski definition) is 4. The highest BCUT2D eigenvalue weighted by Crippen LogP contribution is 2.36. The number of urea groups is 1. The van der Waals surface area contributed by atoms with E-state index in [9.17, 15) is 14.4 Å². The lowest BCUT2D eigenvalue weighted by molar-refractivity contribution is -0.122.